The first-order valence-electron chi connectivity index (χ1n) is 5.97. The second-order valence-corrected chi connectivity index (χ2v) is 15.6. The topological polar surface area (TPSA) is 12.9 Å². The number of nitrogens with zero attached hydrogens (tertiary/aromatic N) is 1. The summed E-state index contributed by atoms with van der Waals surface area (Å²) < 4.78 is 0.122. The smallest absolute Gasteiger partial charge is 0.149 e. The van der Waals surface area contributed by atoms with E-state index in [-0.39, 0.29) is -0.565 Å². The highest BCUT2D eigenvalue weighted by molar-refractivity contribution is 14.3. The molecule has 0 saturated carbocycles. The van der Waals surface area contributed by atoms with Crippen molar-refractivity contribution in [3.05, 3.63) is 65.0 Å². The number of aromatic nitrogens is 1. The fourth-order valence-electron chi connectivity index (χ4n) is 1.87. The van der Waals surface area contributed by atoms with Crippen molar-refractivity contribution >= 4 is 67.8 Å². The summed E-state index contributed by atoms with van der Waals surface area (Å²) in [5.74, 6) is 0.335. The van der Waals surface area contributed by atoms with Crippen LogP contribution in [-0.4, -0.2) is 4.98 Å². The highest BCUT2D eigenvalue weighted by Gasteiger charge is 2.20. The summed E-state index contributed by atoms with van der Waals surface area (Å²) in [5.41, 5.74) is 4.98. The highest BCUT2D eigenvalue weighted by Crippen LogP contribution is 2.46. The third kappa shape index (κ3) is 4.26. The average Bonchev–Trinajstić information content (AvgIpc) is 2.38. The number of benzene rings is 1. The summed E-state index contributed by atoms with van der Waals surface area (Å²) in [7, 11) is 0. The van der Waals surface area contributed by atoms with Gasteiger partial charge in [-0.2, -0.15) is 0 Å². The average molecular weight is 589 g/mol. The Morgan fingerprint density at radius 2 is 1.63 bits per heavy atom. The van der Waals surface area contributed by atoms with Crippen molar-refractivity contribution in [3.63, 3.8) is 0 Å². The minimum absolute atomic E-state index is 0.122. The van der Waals surface area contributed by atoms with Gasteiger partial charge in [0, 0.05) is 17.8 Å². The molecule has 2 rings (SSSR count). The summed E-state index contributed by atoms with van der Waals surface area (Å²) in [6, 6.07) is 13.1. The zero-order valence-corrected chi connectivity index (χ0v) is 17.2. The molecule has 0 saturated heterocycles. The van der Waals surface area contributed by atoms with Crippen LogP contribution in [0.25, 0.3) is 0 Å². The number of hydrogen-bond donors (Lipinski definition) is 0. The van der Waals surface area contributed by atoms with Crippen LogP contribution >= 0.6 is 67.8 Å². The molecule has 1 nitrogen and oxygen atoms in total. The Balaban J connectivity index is 2.25. The van der Waals surface area contributed by atoms with Gasteiger partial charge < -0.3 is 0 Å². The molecule has 1 unspecified atom stereocenters. The summed E-state index contributed by atoms with van der Waals surface area (Å²) >= 11 is 7.34. The van der Waals surface area contributed by atoms with Crippen molar-refractivity contribution in [2.24, 2.45) is 0 Å². The second kappa shape index (κ2) is 6.55. The molecule has 0 spiro atoms. The molecule has 1 heterocycles. The Morgan fingerprint density at radius 3 is 2.11 bits per heavy atom. The van der Waals surface area contributed by atoms with Crippen LogP contribution in [0.5, 0.6) is 0 Å². The number of rotatable bonds is 3. The molecule has 0 N–H and O–H groups in total. The Labute approximate surface area is 155 Å². The number of hydrogen-bond acceptors (Lipinski definition) is 1. The molecular formula is C15H14I3N. The van der Waals surface area contributed by atoms with Gasteiger partial charge in [0.2, 0.25) is 0 Å². The van der Waals surface area contributed by atoms with Crippen LogP contribution in [0.15, 0.2) is 42.6 Å². The molecule has 1 atom stereocenters. The summed E-state index contributed by atoms with van der Waals surface area (Å²) in [6.45, 7) is 4.27. The van der Waals surface area contributed by atoms with Crippen LogP contribution < -0.4 is 0 Å². The number of halogens is 3. The quantitative estimate of drug-likeness (QED) is 0.319. The molecule has 0 bridgehead atoms. The monoisotopic (exact) mass is 589 g/mol. The standard InChI is InChI=1S/C15H14I3N/c1-10-3-8-14(19-9-10)11(2)12-4-6-13(7-5-12)15(16,17)18/h3-9,11H,1-2H3. The van der Waals surface area contributed by atoms with E-state index in [0.717, 1.165) is 5.69 Å². The molecule has 4 heteroatoms. The van der Waals surface area contributed by atoms with E-state index in [1.54, 1.807) is 0 Å². The molecule has 0 aliphatic rings. The van der Waals surface area contributed by atoms with Crippen LogP contribution in [0.3, 0.4) is 0 Å². The highest BCUT2D eigenvalue weighted by atomic mass is 127. The third-order valence-corrected chi connectivity index (χ3v) is 4.98. The molecular weight excluding hydrogens is 575 g/mol. The lowest BCUT2D eigenvalue weighted by atomic mass is 9.96. The van der Waals surface area contributed by atoms with Crippen LogP contribution in [0.1, 0.15) is 35.2 Å². The van der Waals surface area contributed by atoms with E-state index in [9.17, 15) is 0 Å². The Morgan fingerprint density at radius 1 is 1.00 bits per heavy atom. The van der Waals surface area contributed by atoms with Crippen LogP contribution in [0.4, 0.5) is 0 Å². The molecule has 19 heavy (non-hydrogen) atoms. The van der Waals surface area contributed by atoms with Gasteiger partial charge in [0.25, 0.3) is 0 Å². The van der Waals surface area contributed by atoms with Crippen molar-refractivity contribution in [2.75, 3.05) is 0 Å². The summed E-state index contributed by atoms with van der Waals surface area (Å²) in [4.78, 5) is 4.52. The van der Waals surface area contributed by atoms with Crippen LogP contribution in [-0.2, 0) is -0.565 Å². The predicted molar refractivity (Wildman–Crippen MR) is 107 cm³/mol. The summed E-state index contributed by atoms with van der Waals surface area (Å²) in [5, 5.41) is 0. The number of pyridine rings is 1. The molecule has 0 radical (unpaired) electrons. The van der Waals surface area contributed by atoms with Crippen molar-refractivity contribution < 1.29 is 0 Å². The van der Waals surface area contributed by atoms with Gasteiger partial charge in [0.15, 0.2) is 0 Å². The lowest BCUT2D eigenvalue weighted by Crippen LogP contribution is -2.01. The van der Waals surface area contributed by atoms with Gasteiger partial charge in [-0.15, -0.1) is 0 Å². The first-order chi connectivity index (χ1) is 8.88. The van der Waals surface area contributed by atoms with Gasteiger partial charge in [0.1, 0.15) is -0.565 Å². The van der Waals surface area contributed by atoms with E-state index in [0.29, 0.717) is 5.92 Å². The zero-order chi connectivity index (χ0) is 14.0. The lowest BCUT2D eigenvalue weighted by Gasteiger charge is -2.16. The number of aryl methyl sites for hydroxylation is 1. The van der Waals surface area contributed by atoms with Crippen LogP contribution in [0, 0.1) is 6.92 Å². The maximum atomic E-state index is 4.52. The van der Waals surface area contributed by atoms with Crippen LogP contribution in [0.2, 0.25) is 0 Å². The van der Waals surface area contributed by atoms with Gasteiger partial charge in [-0.05, 0) is 97.5 Å². The third-order valence-electron chi connectivity index (χ3n) is 3.12. The molecule has 100 valence electrons. The molecule has 0 aliphatic carbocycles. The fourth-order valence-corrected chi connectivity index (χ4v) is 2.95. The first kappa shape index (κ1) is 15.9. The van der Waals surface area contributed by atoms with E-state index in [1.807, 2.05) is 6.20 Å². The normalized spacial score (nSPS) is 13.3. The maximum Gasteiger partial charge on any atom is 0.149 e. The Bertz CT molecular complexity index is 541. The van der Waals surface area contributed by atoms with Gasteiger partial charge >= 0.3 is 0 Å². The molecule has 2 aromatic rings. The van der Waals surface area contributed by atoms with Gasteiger partial charge in [-0.3, -0.25) is 4.98 Å². The molecule has 0 fully saturated rings. The SMILES string of the molecule is Cc1ccc(C(C)c2ccc(C(I)(I)I)cc2)nc1. The van der Waals surface area contributed by atoms with E-state index < -0.39 is 0 Å². The predicted octanol–water partition coefficient (Wildman–Crippen LogP) is 5.96. The lowest BCUT2D eigenvalue weighted by molar-refractivity contribution is 0.868. The van der Waals surface area contributed by atoms with Gasteiger partial charge in [-0.1, -0.05) is 37.3 Å². The Hall–Kier alpha value is 0.560. The minimum Gasteiger partial charge on any atom is -0.260 e. The molecule has 1 aromatic carbocycles. The van der Waals surface area contributed by atoms with Crippen molar-refractivity contribution in [2.45, 2.75) is 19.2 Å². The minimum atomic E-state index is 0.122. The largest absolute Gasteiger partial charge is 0.260 e. The van der Waals surface area contributed by atoms with E-state index >= 15 is 0 Å². The fraction of sp³-hybridized carbons (Fsp3) is 0.267. The van der Waals surface area contributed by atoms with Gasteiger partial charge in [-0.25, -0.2) is 0 Å². The van der Waals surface area contributed by atoms with E-state index in [4.69, 9.17) is 0 Å². The molecule has 1 aromatic heterocycles. The Kier molecular flexibility index (Phi) is 5.49. The van der Waals surface area contributed by atoms with Gasteiger partial charge in [0.05, 0.1) is 0 Å². The summed E-state index contributed by atoms with van der Waals surface area (Å²) in [6.07, 6.45) is 1.94. The van der Waals surface area contributed by atoms with E-state index in [1.165, 1.54) is 16.7 Å². The molecule has 0 amide bonds. The first-order valence-corrected chi connectivity index (χ1v) is 9.21. The number of alkyl halides is 3. The zero-order valence-electron chi connectivity index (χ0n) is 10.7. The van der Waals surface area contributed by atoms with Crippen molar-refractivity contribution in [1.82, 2.24) is 4.98 Å². The molecule has 0 aliphatic heterocycles. The second-order valence-electron chi connectivity index (χ2n) is 4.60. The van der Waals surface area contributed by atoms with E-state index in [2.05, 4.69) is 123 Å². The van der Waals surface area contributed by atoms with Crippen molar-refractivity contribution in [1.29, 1.82) is 0 Å². The maximum absolute atomic E-state index is 4.52. The van der Waals surface area contributed by atoms with Crippen molar-refractivity contribution in [3.8, 4) is 0 Å².